The molecule has 114 valence electrons. The molecule has 3 rings (SSSR count). The molecule has 2 fully saturated rings. The molecule has 21 heavy (non-hydrogen) atoms. The Bertz CT molecular complexity index is 554. The Hall–Kier alpha value is -1.35. The number of hydrogen-bond acceptors (Lipinski definition) is 2. The summed E-state index contributed by atoms with van der Waals surface area (Å²) < 4.78 is 0. The van der Waals surface area contributed by atoms with Gasteiger partial charge in [0.15, 0.2) is 0 Å². The molecule has 0 radical (unpaired) electrons. The third kappa shape index (κ3) is 2.59. The van der Waals surface area contributed by atoms with Crippen molar-refractivity contribution < 1.29 is 4.79 Å². The van der Waals surface area contributed by atoms with E-state index in [1.54, 1.807) is 0 Å². The third-order valence-electron chi connectivity index (χ3n) is 4.92. The molecule has 3 heteroatoms. The molecule has 0 bridgehead atoms. The highest BCUT2D eigenvalue weighted by atomic mass is 16.2. The average Bonchev–Trinajstić information content (AvgIpc) is 3.07. The number of carbonyl (C=O) groups excluding carboxylic acids is 1. The van der Waals surface area contributed by atoms with Crippen LogP contribution >= 0.6 is 0 Å². The van der Waals surface area contributed by atoms with Crippen molar-refractivity contribution in [3.05, 3.63) is 34.9 Å². The van der Waals surface area contributed by atoms with Crippen molar-refractivity contribution in [2.45, 2.75) is 65.2 Å². The number of carbonyl (C=O) groups is 1. The van der Waals surface area contributed by atoms with E-state index in [1.165, 1.54) is 16.7 Å². The molecule has 0 aromatic heterocycles. The lowest BCUT2D eigenvalue weighted by Gasteiger charge is -2.26. The van der Waals surface area contributed by atoms with Crippen molar-refractivity contribution in [1.82, 2.24) is 10.2 Å². The maximum Gasteiger partial charge on any atom is 0.241 e. The predicted octanol–water partition coefficient (Wildman–Crippen LogP) is 3.31. The second-order valence-corrected chi connectivity index (χ2v) is 6.80. The van der Waals surface area contributed by atoms with Crippen molar-refractivity contribution in [1.29, 1.82) is 0 Å². The van der Waals surface area contributed by atoms with E-state index in [2.05, 4.69) is 56.1 Å². The van der Waals surface area contributed by atoms with Crippen LogP contribution in [0.25, 0.3) is 0 Å². The summed E-state index contributed by atoms with van der Waals surface area (Å²) in [7, 11) is 0. The minimum Gasteiger partial charge on any atom is -0.318 e. The SMILES string of the molecule is CCCC1NC(c2cc(C)ccc2C)N(C2CC2C)C1=O. The largest absolute Gasteiger partial charge is 0.318 e. The van der Waals surface area contributed by atoms with Crippen LogP contribution in [0, 0.1) is 19.8 Å². The molecule has 2 aliphatic rings. The lowest BCUT2D eigenvalue weighted by atomic mass is 10.0. The fourth-order valence-corrected chi connectivity index (χ4v) is 3.48. The Balaban J connectivity index is 1.94. The van der Waals surface area contributed by atoms with E-state index in [0.717, 1.165) is 19.3 Å². The fourth-order valence-electron chi connectivity index (χ4n) is 3.48. The molecular formula is C18H26N2O. The number of hydrogen-bond donors (Lipinski definition) is 1. The molecule has 1 saturated heterocycles. The average molecular weight is 286 g/mol. The Morgan fingerprint density at radius 2 is 2.05 bits per heavy atom. The predicted molar refractivity (Wildman–Crippen MR) is 84.9 cm³/mol. The van der Waals surface area contributed by atoms with E-state index < -0.39 is 0 Å². The van der Waals surface area contributed by atoms with Gasteiger partial charge in [-0.15, -0.1) is 0 Å². The zero-order valence-electron chi connectivity index (χ0n) is 13.5. The molecule has 1 aliphatic carbocycles. The molecule has 1 N–H and O–H groups in total. The molecule has 4 atom stereocenters. The summed E-state index contributed by atoms with van der Waals surface area (Å²) in [6.45, 7) is 8.64. The van der Waals surface area contributed by atoms with Gasteiger partial charge in [-0.25, -0.2) is 0 Å². The van der Waals surface area contributed by atoms with Crippen LogP contribution < -0.4 is 5.32 Å². The Labute approximate surface area is 127 Å². The second kappa shape index (κ2) is 5.45. The summed E-state index contributed by atoms with van der Waals surface area (Å²) in [5.41, 5.74) is 3.79. The van der Waals surface area contributed by atoms with Crippen LogP contribution in [0.4, 0.5) is 0 Å². The smallest absolute Gasteiger partial charge is 0.241 e. The second-order valence-electron chi connectivity index (χ2n) is 6.80. The van der Waals surface area contributed by atoms with E-state index in [-0.39, 0.29) is 12.2 Å². The van der Waals surface area contributed by atoms with E-state index in [1.807, 2.05) is 0 Å². The van der Waals surface area contributed by atoms with Gasteiger partial charge in [-0.2, -0.15) is 0 Å². The van der Waals surface area contributed by atoms with E-state index in [4.69, 9.17) is 0 Å². The summed E-state index contributed by atoms with van der Waals surface area (Å²) in [5.74, 6) is 0.945. The minimum absolute atomic E-state index is 0.00675. The van der Waals surface area contributed by atoms with Crippen molar-refractivity contribution in [3.63, 3.8) is 0 Å². The van der Waals surface area contributed by atoms with Crippen molar-refractivity contribution in [3.8, 4) is 0 Å². The Morgan fingerprint density at radius 1 is 1.33 bits per heavy atom. The van der Waals surface area contributed by atoms with Gasteiger partial charge in [0.1, 0.15) is 6.17 Å². The van der Waals surface area contributed by atoms with Gasteiger partial charge in [0.25, 0.3) is 0 Å². The van der Waals surface area contributed by atoms with Crippen molar-refractivity contribution in [2.24, 2.45) is 5.92 Å². The van der Waals surface area contributed by atoms with Gasteiger partial charge >= 0.3 is 0 Å². The quantitative estimate of drug-likeness (QED) is 0.921. The van der Waals surface area contributed by atoms with Crippen LogP contribution in [0.3, 0.4) is 0 Å². The number of nitrogens with one attached hydrogen (secondary N) is 1. The maximum atomic E-state index is 12.8. The van der Waals surface area contributed by atoms with E-state index in [9.17, 15) is 4.79 Å². The van der Waals surface area contributed by atoms with Crippen LogP contribution in [-0.2, 0) is 4.79 Å². The molecule has 1 saturated carbocycles. The molecule has 3 nitrogen and oxygen atoms in total. The van der Waals surface area contributed by atoms with Crippen LogP contribution in [0.2, 0.25) is 0 Å². The van der Waals surface area contributed by atoms with Gasteiger partial charge in [-0.1, -0.05) is 44.0 Å². The van der Waals surface area contributed by atoms with Crippen LogP contribution in [0.15, 0.2) is 18.2 Å². The maximum absolute atomic E-state index is 12.8. The van der Waals surface area contributed by atoms with Crippen LogP contribution in [0.1, 0.15) is 56.0 Å². The first kappa shape index (κ1) is 14.6. The number of nitrogens with zero attached hydrogens (tertiary/aromatic N) is 1. The first-order chi connectivity index (χ1) is 10.0. The standard InChI is InChI=1S/C18H26N2O/c1-5-6-15-18(21)20(16-10-13(16)4)17(19-15)14-9-11(2)7-8-12(14)3/h7-9,13,15-17,19H,5-6,10H2,1-4H3. The van der Waals surface area contributed by atoms with Gasteiger partial charge < -0.3 is 4.90 Å². The van der Waals surface area contributed by atoms with Crippen LogP contribution in [-0.4, -0.2) is 22.9 Å². The molecule has 0 spiro atoms. The van der Waals surface area contributed by atoms with E-state index in [0.29, 0.717) is 17.9 Å². The summed E-state index contributed by atoms with van der Waals surface area (Å²) in [6.07, 6.45) is 3.17. The van der Waals surface area contributed by atoms with Crippen molar-refractivity contribution >= 4 is 5.91 Å². The topological polar surface area (TPSA) is 32.3 Å². The third-order valence-corrected chi connectivity index (χ3v) is 4.92. The van der Waals surface area contributed by atoms with E-state index >= 15 is 0 Å². The molecular weight excluding hydrogens is 260 g/mol. The molecule has 1 heterocycles. The van der Waals surface area contributed by atoms with Crippen molar-refractivity contribution in [2.75, 3.05) is 0 Å². The Kier molecular flexibility index (Phi) is 3.78. The van der Waals surface area contributed by atoms with Gasteiger partial charge in [-0.3, -0.25) is 10.1 Å². The molecule has 1 aromatic carbocycles. The normalized spacial score (nSPS) is 31.8. The fraction of sp³-hybridized carbons (Fsp3) is 0.611. The highest BCUT2D eigenvalue weighted by Gasteiger charge is 2.50. The van der Waals surface area contributed by atoms with Gasteiger partial charge in [0.05, 0.1) is 6.04 Å². The molecule has 1 amide bonds. The molecule has 1 aromatic rings. The van der Waals surface area contributed by atoms with Gasteiger partial charge in [0, 0.05) is 6.04 Å². The number of benzene rings is 1. The molecule has 1 aliphatic heterocycles. The number of amides is 1. The highest BCUT2D eigenvalue weighted by molar-refractivity contribution is 5.85. The Morgan fingerprint density at radius 3 is 2.67 bits per heavy atom. The zero-order chi connectivity index (χ0) is 15.1. The first-order valence-corrected chi connectivity index (χ1v) is 8.18. The lowest BCUT2D eigenvalue weighted by Crippen LogP contribution is -2.34. The minimum atomic E-state index is -0.00675. The summed E-state index contributed by atoms with van der Waals surface area (Å²) in [5, 5.41) is 3.59. The lowest BCUT2D eigenvalue weighted by molar-refractivity contribution is -0.131. The van der Waals surface area contributed by atoms with Gasteiger partial charge in [-0.05, 0) is 43.7 Å². The summed E-state index contributed by atoms with van der Waals surface area (Å²) in [6, 6.07) is 6.96. The zero-order valence-corrected chi connectivity index (χ0v) is 13.5. The molecule has 4 unspecified atom stereocenters. The number of rotatable bonds is 4. The highest BCUT2D eigenvalue weighted by Crippen LogP contribution is 2.42. The monoisotopic (exact) mass is 286 g/mol. The summed E-state index contributed by atoms with van der Waals surface area (Å²) in [4.78, 5) is 14.9. The number of aryl methyl sites for hydroxylation is 2. The first-order valence-electron chi connectivity index (χ1n) is 8.18. The summed E-state index contributed by atoms with van der Waals surface area (Å²) >= 11 is 0. The van der Waals surface area contributed by atoms with Gasteiger partial charge in [0.2, 0.25) is 5.91 Å². The van der Waals surface area contributed by atoms with Crippen LogP contribution in [0.5, 0.6) is 0 Å².